The minimum Gasteiger partial charge on any atom is -0.496 e. The van der Waals surface area contributed by atoms with Crippen LogP contribution >= 0.6 is 15.9 Å². The standard InChI is InChI=1S/C9H11BrO3/c1-11-6-4-7(12-2)9(10)8(5-6)13-3/h4-5H,1-3H3. The van der Waals surface area contributed by atoms with E-state index < -0.39 is 0 Å². The van der Waals surface area contributed by atoms with E-state index >= 15 is 0 Å². The summed E-state index contributed by atoms with van der Waals surface area (Å²) in [7, 11) is 4.79. The molecule has 1 aromatic carbocycles. The summed E-state index contributed by atoms with van der Waals surface area (Å²) >= 11 is 3.36. The Balaban J connectivity index is 3.20. The Labute approximate surface area is 85.7 Å². The molecule has 0 heterocycles. The van der Waals surface area contributed by atoms with Crippen molar-refractivity contribution in [3.05, 3.63) is 16.6 Å². The smallest absolute Gasteiger partial charge is 0.140 e. The minimum atomic E-state index is 0.691. The van der Waals surface area contributed by atoms with Gasteiger partial charge < -0.3 is 14.2 Å². The van der Waals surface area contributed by atoms with Crippen LogP contribution in [0, 0.1) is 0 Å². The summed E-state index contributed by atoms with van der Waals surface area (Å²) in [5, 5.41) is 0. The zero-order valence-corrected chi connectivity index (χ0v) is 9.34. The van der Waals surface area contributed by atoms with Gasteiger partial charge in [-0.05, 0) is 15.9 Å². The van der Waals surface area contributed by atoms with Gasteiger partial charge in [-0.3, -0.25) is 0 Å². The van der Waals surface area contributed by atoms with Crippen molar-refractivity contribution in [1.29, 1.82) is 0 Å². The Morgan fingerprint density at radius 1 is 0.923 bits per heavy atom. The van der Waals surface area contributed by atoms with Crippen molar-refractivity contribution in [2.45, 2.75) is 0 Å². The van der Waals surface area contributed by atoms with Gasteiger partial charge in [0.05, 0.1) is 21.3 Å². The highest BCUT2D eigenvalue weighted by Gasteiger charge is 2.09. The second-order valence-corrected chi connectivity index (χ2v) is 3.14. The number of halogens is 1. The van der Waals surface area contributed by atoms with E-state index in [1.165, 1.54) is 0 Å². The molecule has 0 bridgehead atoms. The Morgan fingerprint density at radius 3 is 1.69 bits per heavy atom. The highest BCUT2D eigenvalue weighted by atomic mass is 79.9. The molecule has 0 N–H and O–H groups in total. The third-order valence-corrected chi connectivity index (χ3v) is 2.44. The molecule has 72 valence electrons. The molecule has 0 aliphatic heterocycles. The average molecular weight is 247 g/mol. The van der Waals surface area contributed by atoms with E-state index in [1.807, 2.05) is 0 Å². The van der Waals surface area contributed by atoms with Crippen LogP contribution in [0.4, 0.5) is 0 Å². The summed E-state index contributed by atoms with van der Waals surface area (Å²) in [5.41, 5.74) is 0. The van der Waals surface area contributed by atoms with Crippen molar-refractivity contribution in [2.24, 2.45) is 0 Å². The van der Waals surface area contributed by atoms with Crippen LogP contribution in [0.2, 0.25) is 0 Å². The van der Waals surface area contributed by atoms with Gasteiger partial charge in [0, 0.05) is 12.1 Å². The molecule has 0 aliphatic carbocycles. The van der Waals surface area contributed by atoms with E-state index in [1.54, 1.807) is 33.5 Å². The fourth-order valence-corrected chi connectivity index (χ4v) is 1.52. The van der Waals surface area contributed by atoms with Crippen molar-refractivity contribution in [2.75, 3.05) is 21.3 Å². The lowest BCUT2D eigenvalue weighted by Gasteiger charge is -2.10. The fraction of sp³-hybridized carbons (Fsp3) is 0.333. The summed E-state index contributed by atoms with van der Waals surface area (Å²) in [4.78, 5) is 0. The van der Waals surface area contributed by atoms with E-state index in [-0.39, 0.29) is 0 Å². The van der Waals surface area contributed by atoms with E-state index in [2.05, 4.69) is 15.9 Å². The Morgan fingerprint density at radius 2 is 1.38 bits per heavy atom. The molecule has 0 amide bonds. The zero-order chi connectivity index (χ0) is 9.84. The molecule has 0 aliphatic rings. The monoisotopic (exact) mass is 246 g/mol. The first kappa shape index (κ1) is 10.2. The molecule has 0 radical (unpaired) electrons. The summed E-state index contributed by atoms with van der Waals surface area (Å²) < 4.78 is 16.1. The van der Waals surface area contributed by atoms with Gasteiger partial charge in [-0.15, -0.1) is 0 Å². The Hall–Kier alpha value is -0.900. The first-order valence-corrected chi connectivity index (χ1v) is 4.47. The maximum atomic E-state index is 5.12. The lowest BCUT2D eigenvalue weighted by atomic mass is 10.3. The number of hydrogen-bond donors (Lipinski definition) is 0. The first-order chi connectivity index (χ1) is 6.22. The number of ether oxygens (including phenoxy) is 3. The van der Waals surface area contributed by atoms with Crippen molar-refractivity contribution in [3.8, 4) is 17.2 Å². The SMILES string of the molecule is COc1cc(OC)c(Br)c(OC)c1. The summed E-state index contributed by atoms with van der Waals surface area (Å²) in [5.74, 6) is 2.09. The lowest BCUT2D eigenvalue weighted by molar-refractivity contribution is 0.372. The molecular weight excluding hydrogens is 236 g/mol. The van der Waals surface area contributed by atoms with Crippen LogP contribution < -0.4 is 14.2 Å². The molecule has 13 heavy (non-hydrogen) atoms. The van der Waals surface area contributed by atoms with Crippen molar-refractivity contribution in [3.63, 3.8) is 0 Å². The maximum absolute atomic E-state index is 5.12. The topological polar surface area (TPSA) is 27.7 Å². The first-order valence-electron chi connectivity index (χ1n) is 3.68. The molecule has 1 rings (SSSR count). The minimum absolute atomic E-state index is 0.691. The van der Waals surface area contributed by atoms with Crippen molar-refractivity contribution >= 4 is 15.9 Å². The quantitative estimate of drug-likeness (QED) is 0.821. The lowest BCUT2D eigenvalue weighted by Crippen LogP contribution is -1.92. The van der Waals surface area contributed by atoms with Gasteiger partial charge in [-0.2, -0.15) is 0 Å². The highest BCUT2D eigenvalue weighted by molar-refractivity contribution is 9.10. The number of benzene rings is 1. The molecule has 0 aromatic heterocycles. The van der Waals surface area contributed by atoms with Crippen LogP contribution in [0.25, 0.3) is 0 Å². The molecule has 3 nitrogen and oxygen atoms in total. The molecule has 4 heteroatoms. The van der Waals surface area contributed by atoms with Crippen LogP contribution in [0.15, 0.2) is 16.6 Å². The van der Waals surface area contributed by atoms with Crippen LogP contribution in [-0.4, -0.2) is 21.3 Å². The molecule has 0 saturated carbocycles. The molecule has 0 saturated heterocycles. The molecular formula is C9H11BrO3. The van der Waals surface area contributed by atoms with Gasteiger partial charge in [0.1, 0.15) is 21.7 Å². The fourth-order valence-electron chi connectivity index (χ4n) is 0.963. The van der Waals surface area contributed by atoms with Crippen LogP contribution in [-0.2, 0) is 0 Å². The van der Waals surface area contributed by atoms with Crippen LogP contribution in [0.1, 0.15) is 0 Å². The molecule has 0 fully saturated rings. The molecule has 0 spiro atoms. The van der Waals surface area contributed by atoms with Crippen LogP contribution in [0.5, 0.6) is 17.2 Å². The van der Waals surface area contributed by atoms with Gasteiger partial charge in [0.15, 0.2) is 0 Å². The third-order valence-electron chi connectivity index (χ3n) is 1.65. The van der Waals surface area contributed by atoms with Gasteiger partial charge in [0.25, 0.3) is 0 Å². The Kier molecular flexibility index (Phi) is 3.42. The number of rotatable bonds is 3. The van der Waals surface area contributed by atoms with Gasteiger partial charge in [-0.25, -0.2) is 0 Å². The van der Waals surface area contributed by atoms with E-state index in [4.69, 9.17) is 14.2 Å². The maximum Gasteiger partial charge on any atom is 0.140 e. The predicted molar refractivity (Wildman–Crippen MR) is 53.8 cm³/mol. The van der Waals surface area contributed by atoms with E-state index in [0.29, 0.717) is 17.2 Å². The molecule has 0 atom stereocenters. The number of hydrogen-bond acceptors (Lipinski definition) is 3. The van der Waals surface area contributed by atoms with Gasteiger partial charge in [-0.1, -0.05) is 0 Å². The summed E-state index contributed by atoms with van der Waals surface area (Å²) in [6.07, 6.45) is 0. The normalized spacial score (nSPS) is 9.54. The van der Waals surface area contributed by atoms with Crippen molar-refractivity contribution < 1.29 is 14.2 Å². The largest absolute Gasteiger partial charge is 0.496 e. The summed E-state index contributed by atoms with van der Waals surface area (Å²) in [6, 6.07) is 3.57. The average Bonchev–Trinajstić information content (AvgIpc) is 2.18. The molecule has 0 unspecified atom stereocenters. The zero-order valence-electron chi connectivity index (χ0n) is 7.76. The molecule has 1 aromatic rings. The van der Waals surface area contributed by atoms with Gasteiger partial charge in [0.2, 0.25) is 0 Å². The summed E-state index contributed by atoms with van der Waals surface area (Å²) in [6.45, 7) is 0. The highest BCUT2D eigenvalue weighted by Crippen LogP contribution is 2.38. The third kappa shape index (κ3) is 2.06. The van der Waals surface area contributed by atoms with Crippen molar-refractivity contribution in [1.82, 2.24) is 0 Å². The Bertz CT molecular complexity index is 274. The number of methoxy groups -OCH3 is 3. The van der Waals surface area contributed by atoms with Gasteiger partial charge >= 0.3 is 0 Å². The second-order valence-electron chi connectivity index (χ2n) is 2.35. The van der Waals surface area contributed by atoms with E-state index in [9.17, 15) is 0 Å². The predicted octanol–water partition coefficient (Wildman–Crippen LogP) is 2.47. The second kappa shape index (κ2) is 4.37. The van der Waals surface area contributed by atoms with Crippen LogP contribution in [0.3, 0.4) is 0 Å². The van der Waals surface area contributed by atoms with E-state index in [0.717, 1.165) is 4.47 Å².